The number of ether oxygens (including phenoxy) is 9. The molecule has 0 amide bonds. The summed E-state index contributed by atoms with van der Waals surface area (Å²) in [6.07, 6.45) is 4.70. The van der Waals surface area contributed by atoms with E-state index >= 15 is 0 Å². The van der Waals surface area contributed by atoms with Crippen LogP contribution in [-0.2, 0) is 28.4 Å². The molecule has 1 aliphatic heterocycles. The van der Waals surface area contributed by atoms with Crippen LogP contribution in [0.4, 0.5) is 0 Å². The van der Waals surface area contributed by atoms with E-state index in [1.165, 1.54) is 5.57 Å². The lowest BCUT2D eigenvalue weighted by atomic mass is 9.75. The molecule has 2 aromatic carbocycles. The third kappa shape index (κ3) is 9.13. The maximum Gasteiger partial charge on any atom is 0.184 e. The Morgan fingerprint density at radius 1 is 0.923 bits per heavy atom. The monoisotopic (exact) mass is 738 g/mol. The minimum absolute atomic E-state index is 0.0131. The van der Waals surface area contributed by atoms with Gasteiger partial charge in [-0.05, 0) is 72.9 Å². The number of fused-ring (bicyclic) bond motifs is 2. The minimum Gasteiger partial charge on any atom is -0.510 e. The van der Waals surface area contributed by atoms with Crippen LogP contribution in [0.3, 0.4) is 0 Å². The van der Waals surface area contributed by atoms with Crippen molar-refractivity contribution in [1.29, 1.82) is 0 Å². The second kappa shape index (κ2) is 17.3. The Kier molecular flexibility index (Phi) is 13.3. The third-order valence-electron chi connectivity index (χ3n) is 10.7. The number of benzene rings is 2. The van der Waals surface area contributed by atoms with Gasteiger partial charge in [-0.2, -0.15) is 0 Å². The van der Waals surface area contributed by atoms with Crippen molar-refractivity contribution in [3.05, 3.63) is 90.2 Å². The number of allylic oxidation sites excluding steroid dienone is 1. The first-order valence-electron chi connectivity index (χ1n) is 18.1. The average molecular weight is 739 g/mol. The zero-order chi connectivity index (χ0) is 37.5. The average Bonchev–Trinajstić information content (AvgIpc) is 3.43. The summed E-state index contributed by atoms with van der Waals surface area (Å²) in [5.74, 6) is 1.46. The van der Waals surface area contributed by atoms with Crippen LogP contribution in [0.25, 0.3) is 0 Å². The topological polar surface area (TPSA) is 103 Å². The van der Waals surface area contributed by atoms with Crippen LogP contribution < -0.4 is 14.2 Å². The summed E-state index contributed by atoms with van der Waals surface area (Å²) in [4.78, 5) is 0. The summed E-state index contributed by atoms with van der Waals surface area (Å²) >= 11 is 0. The summed E-state index contributed by atoms with van der Waals surface area (Å²) in [7, 11) is 3.49. The maximum absolute atomic E-state index is 12.2. The van der Waals surface area contributed by atoms with E-state index in [-0.39, 0.29) is 37.3 Å². The molecule has 1 saturated carbocycles. The summed E-state index contributed by atoms with van der Waals surface area (Å²) < 4.78 is 55.7. The Morgan fingerprint density at radius 2 is 1.58 bits per heavy atom. The molecule has 0 spiro atoms. The molecule has 2 aromatic rings. The summed E-state index contributed by atoms with van der Waals surface area (Å²) in [6.45, 7) is 16.2. The highest BCUT2D eigenvalue weighted by Crippen LogP contribution is 2.53. The molecular formula is C41H58O10Si. The van der Waals surface area contributed by atoms with E-state index < -0.39 is 44.2 Å². The molecule has 7 atom stereocenters. The molecule has 1 saturated heterocycles. The number of hydrogen-bond donors (Lipinski definition) is 1. The Balaban J connectivity index is 1.62. The van der Waals surface area contributed by atoms with Crippen LogP contribution in [0.1, 0.15) is 38.5 Å². The SMILES string of the molecule is C=C[C@H]1O[C@@H](c2ccc(OC)cc2)OC[C@@]1(OCOCC[Si](C)(C)C)[C@@H]1/C=C(/O)[C@H](OCOC)[C@H]2CC/C(=C\[C@H]1Oc1ccc(OC)cc1)C2(C)C. The number of hydrogen-bond acceptors (Lipinski definition) is 10. The highest BCUT2D eigenvalue weighted by Gasteiger charge is 2.56. The van der Waals surface area contributed by atoms with Gasteiger partial charge in [-0.15, -0.1) is 6.58 Å². The van der Waals surface area contributed by atoms with Gasteiger partial charge in [0, 0.05) is 33.3 Å². The first kappa shape index (κ1) is 40.0. The van der Waals surface area contributed by atoms with Gasteiger partial charge in [-0.25, -0.2) is 0 Å². The van der Waals surface area contributed by atoms with Gasteiger partial charge in [-0.1, -0.05) is 57.3 Å². The second-order valence-electron chi connectivity index (χ2n) is 15.6. The van der Waals surface area contributed by atoms with Gasteiger partial charge >= 0.3 is 0 Å². The molecule has 0 radical (unpaired) electrons. The summed E-state index contributed by atoms with van der Waals surface area (Å²) in [6, 6.07) is 16.0. The molecule has 1 N–H and O–H groups in total. The fraction of sp³-hybridized carbons (Fsp3) is 0.561. The van der Waals surface area contributed by atoms with Crippen molar-refractivity contribution in [1.82, 2.24) is 0 Å². The number of aliphatic hydroxyl groups is 1. The molecule has 2 bridgehead atoms. The molecule has 52 heavy (non-hydrogen) atoms. The molecule has 2 fully saturated rings. The van der Waals surface area contributed by atoms with Crippen molar-refractivity contribution in [2.24, 2.45) is 17.3 Å². The predicted octanol–water partition coefficient (Wildman–Crippen LogP) is 8.24. The van der Waals surface area contributed by atoms with E-state index in [1.807, 2.05) is 48.5 Å². The van der Waals surface area contributed by atoms with Gasteiger partial charge < -0.3 is 47.7 Å². The highest BCUT2D eigenvalue weighted by atomic mass is 28.3. The molecule has 3 aliphatic rings. The van der Waals surface area contributed by atoms with E-state index in [0.29, 0.717) is 18.1 Å². The normalized spacial score (nSPS) is 30.8. The van der Waals surface area contributed by atoms with Gasteiger partial charge in [-0.3, -0.25) is 0 Å². The molecule has 286 valence electrons. The van der Waals surface area contributed by atoms with Crippen LogP contribution in [0.2, 0.25) is 25.7 Å². The fourth-order valence-electron chi connectivity index (χ4n) is 7.48. The van der Waals surface area contributed by atoms with E-state index in [1.54, 1.807) is 33.5 Å². The predicted molar refractivity (Wildman–Crippen MR) is 202 cm³/mol. The maximum atomic E-state index is 12.2. The Labute approximate surface area is 310 Å². The van der Waals surface area contributed by atoms with Crippen molar-refractivity contribution in [3.8, 4) is 17.2 Å². The van der Waals surface area contributed by atoms with Gasteiger partial charge in [0.25, 0.3) is 0 Å². The zero-order valence-electron chi connectivity index (χ0n) is 32.1. The Bertz CT molecular complexity index is 1520. The van der Waals surface area contributed by atoms with E-state index in [2.05, 4.69) is 46.1 Å². The minimum atomic E-state index is -1.36. The van der Waals surface area contributed by atoms with Crippen LogP contribution in [0.15, 0.2) is 84.7 Å². The fourth-order valence-corrected chi connectivity index (χ4v) is 8.24. The third-order valence-corrected chi connectivity index (χ3v) is 12.4. The standard InChI is InChI=1S/C41H58O10Si/c1-10-37-41(49-27-46-21-22-52(7,8)9,25-47-39(51-37)28-11-14-30(44-5)15-12-28)34-24-35(42)38(48-26-43-4)33-20-13-29(40(33,2)3)23-36(34)50-32-18-16-31(45-6)17-19-32/h10-12,14-19,23-24,33-34,36-39,42H,1,13,20-22,25-27H2,2-9H3/b29-23+,35-24+/t33-,34-,36-,37-,38-,39+,41-/m1/s1. The van der Waals surface area contributed by atoms with Crippen LogP contribution in [-0.4, -0.2) is 85.2 Å². The second-order valence-corrected chi connectivity index (χ2v) is 21.2. The molecule has 10 nitrogen and oxygen atoms in total. The van der Waals surface area contributed by atoms with Crippen LogP contribution in [0.5, 0.6) is 17.2 Å². The first-order chi connectivity index (χ1) is 24.8. The first-order valence-corrected chi connectivity index (χ1v) is 21.8. The quantitative estimate of drug-likeness (QED) is 0.0784. The lowest BCUT2D eigenvalue weighted by molar-refractivity contribution is -0.320. The van der Waals surface area contributed by atoms with Crippen molar-refractivity contribution in [3.63, 3.8) is 0 Å². The van der Waals surface area contributed by atoms with Gasteiger partial charge in [0.2, 0.25) is 0 Å². The summed E-state index contributed by atoms with van der Waals surface area (Å²) in [5, 5.41) is 12.2. The van der Waals surface area contributed by atoms with Gasteiger partial charge in [0.15, 0.2) is 6.29 Å². The number of methoxy groups -OCH3 is 3. The zero-order valence-corrected chi connectivity index (χ0v) is 33.1. The molecule has 2 aliphatic carbocycles. The molecular weight excluding hydrogens is 681 g/mol. The Morgan fingerprint density at radius 3 is 2.19 bits per heavy atom. The van der Waals surface area contributed by atoms with Crippen LogP contribution >= 0.6 is 0 Å². The van der Waals surface area contributed by atoms with E-state index in [9.17, 15) is 5.11 Å². The number of rotatable bonds is 16. The Hall–Kier alpha value is -3.16. The van der Waals surface area contributed by atoms with E-state index in [4.69, 9.17) is 42.6 Å². The van der Waals surface area contributed by atoms with E-state index in [0.717, 1.165) is 30.2 Å². The van der Waals surface area contributed by atoms with Gasteiger partial charge in [0.1, 0.15) is 60.5 Å². The molecule has 0 unspecified atom stereocenters. The largest absolute Gasteiger partial charge is 0.510 e. The smallest absolute Gasteiger partial charge is 0.184 e. The van der Waals surface area contributed by atoms with Crippen molar-refractivity contribution in [2.75, 3.05) is 48.1 Å². The van der Waals surface area contributed by atoms with Gasteiger partial charge in [0.05, 0.1) is 26.7 Å². The molecule has 5 rings (SSSR count). The summed E-state index contributed by atoms with van der Waals surface area (Å²) in [5.41, 5.74) is 0.453. The lowest BCUT2D eigenvalue weighted by Gasteiger charge is -2.49. The van der Waals surface area contributed by atoms with Crippen molar-refractivity contribution < 1.29 is 47.7 Å². The van der Waals surface area contributed by atoms with Crippen LogP contribution in [0, 0.1) is 17.3 Å². The molecule has 0 aromatic heterocycles. The van der Waals surface area contributed by atoms with Crippen molar-refractivity contribution >= 4 is 8.07 Å². The highest BCUT2D eigenvalue weighted by molar-refractivity contribution is 6.76. The van der Waals surface area contributed by atoms with Crippen molar-refractivity contribution in [2.45, 2.75) is 82.6 Å². The number of aliphatic hydroxyl groups excluding tert-OH is 1. The molecule has 1 heterocycles. The molecule has 11 heteroatoms. The lowest BCUT2D eigenvalue weighted by Crippen LogP contribution is -2.61.